The van der Waals surface area contributed by atoms with Gasteiger partial charge in [-0.3, -0.25) is 0 Å². The van der Waals surface area contributed by atoms with E-state index in [-0.39, 0.29) is 5.69 Å². The van der Waals surface area contributed by atoms with Crippen molar-refractivity contribution in [1.29, 1.82) is 0 Å². The third-order valence-corrected chi connectivity index (χ3v) is 3.48. The molecule has 6 heteroatoms. The molecular weight excluding hydrogens is 282 g/mol. The zero-order chi connectivity index (χ0) is 15.5. The van der Waals surface area contributed by atoms with E-state index in [9.17, 15) is 4.79 Å². The number of benzene rings is 2. The lowest BCUT2D eigenvalue weighted by Gasteiger charge is -2.13. The highest BCUT2D eigenvalue weighted by Crippen LogP contribution is 2.31. The van der Waals surface area contributed by atoms with Crippen molar-refractivity contribution in [2.24, 2.45) is 0 Å². The highest BCUT2D eigenvalue weighted by molar-refractivity contribution is 5.78. The summed E-state index contributed by atoms with van der Waals surface area (Å²) in [6.45, 7) is 0.584. The molecule has 0 spiro atoms. The van der Waals surface area contributed by atoms with E-state index >= 15 is 0 Å². The Balaban J connectivity index is 1.83. The van der Waals surface area contributed by atoms with Crippen LogP contribution in [0.4, 0.5) is 5.69 Å². The number of methoxy groups -OCH3 is 2. The quantitative estimate of drug-likeness (QED) is 0.676. The predicted octanol–water partition coefficient (Wildman–Crippen LogP) is 2.49. The van der Waals surface area contributed by atoms with Crippen molar-refractivity contribution in [3.63, 3.8) is 0 Å². The second-order valence-corrected chi connectivity index (χ2v) is 4.85. The molecule has 0 aliphatic rings. The molecule has 0 saturated heterocycles. The van der Waals surface area contributed by atoms with Gasteiger partial charge in [0.15, 0.2) is 11.5 Å². The summed E-state index contributed by atoms with van der Waals surface area (Å²) < 4.78 is 10.7. The Kier molecular flexibility index (Phi) is 3.74. The van der Waals surface area contributed by atoms with Crippen LogP contribution in [0.1, 0.15) is 5.56 Å². The Morgan fingerprint density at radius 3 is 2.64 bits per heavy atom. The van der Waals surface area contributed by atoms with Gasteiger partial charge in [-0.25, -0.2) is 4.79 Å². The number of nitrogens with one attached hydrogen (secondary N) is 3. The molecule has 1 aromatic heterocycles. The van der Waals surface area contributed by atoms with Crippen LogP contribution >= 0.6 is 0 Å². The number of aromatic nitrogens is 2. The van der Waals surface area contributed by atoms with Crippen LogP contribution in [0.3, 0.4) is 0 Å². The minimum absolute atomic E-state index is 0.207. The smallest absolute Gasteiger partial charge is 0.323 e. The third kappa shape index (κ3) is 2.63. The maximum absolute atomic E-state index is 11.3. The fourth-order valence-corrected chi connectivity index (χ4v) is 2.43. The van der Waals surface area contributed by atoms with Crippen LogP contribution < -0.4 is 20.5 Å². The second-order valence-electron chi connectivity index (χ2n) is 4.85. The summed E-state index contributed by atoms with van der Waals surface area (Å²) in [5, 5.41) is 3.32. The summed E-state index contributed by atoms with van der Waals surface area (Å²) in [7, 11) is 3.24. The lowest BCUT2D eigenvalue weighted by atomic mass is 10.1. The molecule has 0 aliphatic heterocycles. The van der Waals surface area contributed by atoms with Crippen LogP contribution in [0.15, 0.2) is 41.2 Å². The maximum Gasteiger partial charge on any atom is 0.323 e. The fourth-order valence-electron chi connectivity index (χ4n) is 2.43. The van der Waals surface area contributed by atoms with E-state index in [2.05, 4.69) is 15.3 Å². The molecule has 3 aromatic rings. The molecule has 3 rings (SSSR count). The average Bonchev–Trinajstić information content (AvgIpc) is 2.91. The minimum Gasteiger partial charge on any atom is -0.493 e. The molecule has 0 fully saturated rings. The topological polar surface area (TPSA) is 79.1 Å². The van der Waals surface area contributed by atoms with Crippen molar-refractivity contribution in [1.82, 2.24) is 9.97 Å². The van der Waals surface area contributed by atoms with Crippen LogP contribution in [-0.4, -0.2) is 24.2 Å². The Morgan fingerprint density at radius 2 is 1.86 bits per heavy atom. The van der Waals surface area contributed by atoms with Crippen molar-refractivity contribution in [2.45, 2.75) is 6.54 Å². The number of fused-ring (bicyclic) bond motifs is 1. The van der Waals surface area contributed by atoms with Crippen LogP contribution in [0, 0.1) is 0 Å². The van der Waals surface area contributed by atoms with Crippen LogP contribution in [-0.2, 0) is 6.54 Å². The number of anilines is 1. The van der Waals surface area contributed by atoms with Crippen LogP contribution in [0.25, 0.3) is 11.0 Å². The van der Waals surface area contributed by atoms with Gasteiger partial charge in [-0.05, 0) is 24.3 Å². The highest BCUT2D eigenvalue weighted by Gasteiger charge is 2.09. The van der Waals surface area contributed by atoms with Gasteiger partial charge in [-0.15, -0.1) is 0 Å². The van der Waals surface area contributed by atoms with E-state index in [1.54, 1.807) is 14.2 Å². The molecule has 3 N–H and O–H groups in total. The number of aromatic amines is 2. The summed E-state index contributed by atoms with van der Waals surface area (Å²) >= 11 is 0. The molecule has 0 radical (unpaired) electrons. The van der Waals surface area contributed by atoms with Gasteiger partial charge in [0, 0.05) is 17.8 Å². The van der Waals surface area contributed by atoms with E-state index in [0.717, 1.165) is 22.3 Å². The van der Waals surface area contributed by atoms with Gasteiger partial charge in [0.25, 0.3) is 0 Å². The molecule has 6 nitrogen and oxygen atoms in total. The maximum atomic E-state index is 11.3. The zero-order valence-electron chi connectivity index (χ0n) is 12.4. The van der Waals surface area contributed by atoms with E-state index in [4.69, 9.17) is 9.47 Å². The lowest BCUT2D eigenvalue weighted by molar-refractivity contribution is 0.352. The van der Waals surface area contributed by atoms with E-state index in [1.807, 2.05) is 36.4 Å². The Morgan fingerprint density at radius 1 is 1.05 bits per heavy atom. The number of hydrogen-bond acceptors (Lipinski definition) is 4. The largest absolute Gasteiger partial charge is 0.493 e. The summed E-state index contributed by atoms with van der Waals surface area (Å²) in [5.74, 6) is 1.42. The number of ether oxygens (including phenoxy) is 2. The van der Waals surface area contributed by atoms with Crippen LogP contribution in [0.5, 0.6) is 11.5 Å². The molecule has 0 amide bonds. The van der Waals surface area contributed by atoms with Crippen LogP contribution in [0.2, 0.25) is 0 Å². The molecule has 0 unspecified atom stereocenters. The van der Waals surface area contributed by atoms with E-state index < -0.39 is 0 Å². The first-order valence-electron chi connectivity index (χ1n) is 6.87. The second kappa shape index (κ2) is 5.85. The van der Waals surface area contributed by atoms with Crippen molar-refractivity contribution >= 4 is 16.7 Å². The molecule has 0 saturated carbocycles. The molecule has 2 aromatic carbocycles. The lowest BCUT2D eigenvalue weighted by Crippen LogP contribution is -2.03. The standard InChI is InChI=1S/C16H17N3O3/c1-21-14-5-3-4-10(15(14)22-2)9-17-11-6-7-12-13(8-11)19-16(20)18-12/h3-8,17H,9H2,1-2H3,(H2,18,19,20). The molecule has 0 atom stereocenters. The van der Waals surface area contributed by atoms with Gasteiger partial charge in [-0.2, -0.15) is 0 Å². The van der Waals surface area contributed by atoms with Crippen molar-refractivity contribution in [3.8, 4) is 11.5 Å². The third-order valence-electron chi connectivity index (χ3n) is 3.48. The first kappa shape index (κ1) is 14.1. The van der Waals surface area contributed by atoms with Gasteiger partial charge in [0.1, 0.15) is 0 Å². The van der Waals surface area contributed by atoms with Gasteiger partial charge >= 0.3 is 5.69 Å². The summed E-state index contributed by atoms with van der Waals surface area (Å²) in [4.78, 5) is 16.7. The van der Waals surface area contributed by atoms with Crippen molar-refractivity contribution in [2.75, 3.05) is 19.5 Å². The molecular formula is C16H17N3O3. The highest BCUT2D eigenvalue weighted by atomic mass is 16.5. The molecule has 1 heterocycles. The molecule has 0 aliphatic carbocycles. The van der Waals surface area contributed by atoms with E-state index in [1.165, 1.54) is 0 Å². The van der Waals surface area contributed by atoms with Crippen molar-refractivity contribution in [3.05, 3.63) is 52.4 Å². The summed E-state index contributed by atoms with van der Waals surface area (Å²) in [6.07, 6.45) is 0. The molecule has 22 heavy (non-hydrogen) atoms. The number of para-hydroxylation sites is 1. The molecule has 114 valence electrons. The van der Waals surface area contributed by atoms with Gasteiger partial charge in [0.2, 0.25) is 0 Å². The Hall–Kier alpha value is -2.89. The SMILES string of the molecule is COc1cccc(CNc2ccc3[nH]c(=O)[nH]c3c2)c1OC. The summed E-state index contributed by atoms with van der Waals surface area (Å²) in [6, 6.07) is 11.4. The van der Waals surface area contributed by atoms with Crippen molar-refractivity contribution < 1.29 is 9.47 Å². The number of imidazole rings is 1. The summed E-state index contributed by atoms with van der Waals surface area (Å²) in [5.41, 5.74) is 3.25. The Bertz CT molecular complexity index is 851. The number of H-pyrrole nitrogens is 2. The minimum atomic E-state index is -0.207. The normalized spacial score (nSPS) is 10.6. The molecule has 0 bridgehead atoms. The van der Waals surface area contributed by atoms with Gasteiger partial charge in [-0.1, -0.05) is 12.1 Å². The number of rotatable bonds is 5. The number of hydrogen-bond donors (Lipinski definition) is 3. The predicted molar refractivity (Wildman–Crippen MR) is 85.8 cm³/mol. The zero-order valence-corrected chi connectivity index (χ0v) is 12.4. The monoisotopic (exact) mass is 299 g/mol. The average molecular weight is 299 g/mol. The first-order valence-corrected chi connectivity index (χ1v) is 6.87. The van der Waals surface area contributed by atoms with Gasteiger partial charge in [0.05, 0.1) is 25.3 Å². The van der Waals surface area contributed by atoms with Gasteiger partial charge < -0.3 is 24.8 Å². The van der Waals surface area contributed by atoms with E-state index in [0.29, 0.717) is 18.0 Å². The Labute approximate surface area is 127 Å². The fraction of sp³-hybridized carbons (Fsp3) is 0.188. The first-order chi connectivity index (χ1) is 10.7.